The van der Waals surface area contributed by atoms with Gasteiger partial charge in [-0.1, -0.05) is 6.07 Å². The van der Waals surface area contributed by atoms with Crippen LogP contribution in [-0.4, -0.2) is 10.9 Å². The maximum atomic E-state index is 11.8. The van der Waals surface area contributed by atoms with Crippen molar-refractivity contribution in [2.75, 3.05) is 11.1 Å². The van der Waals surface area contributed by atoms with E-state index in [-0.39, 0.29) is 5.91 Å². The number of nitrogens with two attached hydrogens (primary N) is 1. The first-order valence-electron chi connectivity index (χ1n) is 5.30. The third-order valence-corrected chi connectivity index (χ3v) is 2.75. The van der Waals surface area contributed by atoms with Crippen molar-refractivity contribution in [2.24, 2.45) is 0 Å². The molecule has 4 nitrogen and oxygen atoms in total. The second-order valence-electron chi connectivity index (χ2n) is 3.94. The summed E-state index contributed by atoms with van der Waals surface area (Å²) in [5.41, 5.74) is 9.54. The van der Waals surface area contributed by atoms with Crippen LogP contribution >= 0.6 is 0 Å². The van der Waals surface area contributed by atoms with Gasteiger partial charge in [0.05, 0.1) is 11.3 Å². The largest absolute Gasteiger partial charge is 0.399 e. The number of hydrogen-bond donors (Lipinski definition) is 3. The summed E-state index contributed by atoms with van der Waals surface area (Å²) in [7, 11) is 0. The fraction of sp³-hybridized carbons (Fsp3) is 0. The summed E-state index contributed by atoms with van der Waals surface area (Å²) in [5, 5.41) is 2.80. The molecule has 2 aromatic rings. The minimum absolute atomic E-state index is 0.0970. The number of benzene rings is 1. The van der Waals surface area contributed by atoms with E-state index in [1.807, 2.05) is 30.5 Å². The molecule has 4 heteroatoms. The minimum Gasteiger partial charge on any atom is -0.399 e. The van der Waals surface area contributed by atoms with Crippen molar-refractivity contribution in [3.8, 4) is 0 Å². The molecule has 0 fully saturated rings. The van der Waals surface area contributed by atoms with Gasteiger partial charge in [0.25, 0.3) is 5.91 Å². The van der Waals surface area contributed by atoms with Crippen molar-refractivity contribution in [1.82, 2.24) is 4.98 Å². The van der Waals surface area contributed by atoms with Crippen molar-refractivity contribution < 1.29 is 4.79 Å². The number of anilines is 2. The van der Waals surface area contributed by atoms with Gasteiger partial charge in [-0.3, -0.25) is 4.79 Å². The standard InChI is InChI=1S/C13H11N3O/c14-8-3-4-10-11(7-9-2-1-5-15-9)13(17)16-12(10)6-8/h1-7,15H,14H2,(H,16,17). The van der Waals surface area contributed by atoms with Crippen molar-refractivity contribution in [3.63, 3.8) is 0 Å². The number of carbonyl (C=O) groups is 1. The van der Waals surface area contributed by atoms with Gasteiger partial charge in [-0.25, -0.2) is 0 Å². The molecule has 0 atom stereocenters. The SMILES string of the molecule is Nc1ccc2c(c1)NC(=O)C2=Cc1ccc[nH]1. The number of carbonyl (C=O) groups excluding carboxylic acids is 1. The molecule has 17 heavy (non-hydrogen) atoms. The lowest BCUT2D eigenvalue weighted by molar-refractivity contribution is -0.110. The molecule has 84 valence electrons. The quantitative estimate of drug-likeness (QED) is 0.513. The lowest BCUT2D eigenvalue weighted by Crippen LogP contribution is -2.03. The third-order valence-electron chi connectivity index (χ3n) is 2.75. The smallest absolute Gasteiger partial charge is 0.256 e. The number of amides is 1. The first-order chi connectivity index (χ1) is 8.24. The van der Waals surface area contributed by atoms with Gasteiger partial charge in [0.2, 0.25) is 0 Å². The molecule has 4 N–H and O–H groups in total. The number of nitrogens with one attached hydrogen (secondary N) is 2. The average molecular weight is 225 g/mol. The van der Waals surface area contributed by atoms with E-state index in [0.29, 0.717) is 11.3 Å². The van der Waals surface area contributed by atoms with Crippen LogP contribution in [0, 0.1) is 0 Å². The maximum Gasteiger partial charge on any atom is 0.256 e. The Morgan fingerprint density at radius 2 is 2.12 bits per heavy atom. The molecule has 0 radical (unpaired) electrons. The van der Waals surface area contributed by atoms with E-state index >= 15 is 0 Å². The highest BCUT2D eigenvalue weighted by atomic mass is 16.2. The van der Waals surface area contributed by atoms with E-state index in [1.165, 1.54) is 0 Å². The monoisotopic (exact) mass is 225 g/mol. The van der Waals surface area contributed by atoms with Crippen molar-refractivity contribution in [1.29, 1.82) is 0 Å². The minimum atomic E-state index is -0.0970. The summed E-state index contributed by atoms with van der Waals surface area (Å²) in [5.74, 6) is -0.0970. The zero-order valence-corrected chi connectivity index (χ0v) is 9.03. The number of aromatic nitrogens is 1. The number of aromatic amines is 1. The van der Waals surface area contributed by atoms with Gasteiger partial charge in [-0.05, 0) is 30.3 Å². The molecule has 0 saturated heterocycles. The topological polar surface area (TPSA) is 70.9 Å². The van der Waals surface area contributed by atoms with Crippen LogP contribution in [0.4, 0.5) is 11.4 Å². The first kappa shape index (κ1) is 9.72. The Kier molecular flexibility index (Phi) is 2.01. The molecular weight excluding hydrogens is 214 g/mol. The van der Waals surface area contributed by atoms with Crippen LogP contribution in [0.3, 0.4) is 0 Å². The highest BCUT2D eigenvalue weighted by molar-refractivity contribution is 6.34. The number of H-pyrrole nitrogens is 1. The zero-order valence-electron chi connectivity index (χ0n) is 9.03. The fourth-order valence-corrected chi connectivity index (χ4v) is 1.94. The molecule has 0 unspecified atom stereocenters. The van der Waals surface area contributed by atoms with Gasteiger partial charge in [-0.15, -0.1) is 0 Å². The van der Waals surface area contributed by atoms with Gasteiger partial charge >= 0.3 is 0 Å². The normalized spacial score (nSPS) is 16.0. The lowest BCUT2D eigenvalue weighted by atomic mass is 10.1. The second kappa shape index (κ2) is 3.52. The molecule has 0 spiro atoms. The summed E-state index contributed by atoms with van der Waals surface area (Å²) >= 11 is 0. The first-order valence-corrected chi connectivity index (χ1v) is 5.30. The van der Waals surface area contributed by atoms with E-state index in [0.717, 1.165) is 16.9 Å². The second-order valence-corrected chi connectivity index (χ2v) is 3.94. The Balaban J connectivity index is 2.11. The van der Waals surface area contributed by atoms with Crippen LogP contribution in [0.5, 0.6) is 0 Å². The van der Waals surface area contributed by atoms with Gasteiger partial charge in [0.1, 0.15) is 0 Å². The van der Waals surface area contributed by atoms with Gasteiger partial charge in [-0.2, -0.15) is 0 Å². The molecule has 1 aliphatic heterocycles. The molecule has 0 bridgehead atoms. The predicted octanol–water partition coefficient (Wildman–Crippen LogP) is 2.09. The van der Waals surface area contributed by atoms with E-state index in [2.05, 4.69) is 10.3 Å². The summed E-state index contributed by atoms with van der Waals surface area (Å²) in [4.78, 5) is 14.9. The number of hydrogen-bond acceptors (Lipinski definition) is 2. The molecule has 1 amide bonds. The van der Waals surface area contributed by atoms with Gasteiger partial charge in [0, 0.05) is 23.1 Å². The summed E-state index contributed by atoms with van der Waals surface area (Å²) < 4.78 is 0. The Morgan fingerprint density at radius 3 is 2.88 bits per heavy atom. The molecule has 0 aliphatic carbocycles. The highest BCUT2D eigenvalue weighted by Crippen LogP contribution is 2.34. The molecule has 1 aliphatic rings. The molecular formula is C13H11N3O. The van der Waals surface area contributed by atoms with Crippen LogP contribution in [-0.2, 0) is 4.79 Å². The van der Waals surface area contributed by atoms with Gasteiger partial charge in [0.15, 0.2) is 0 Å². The lowest BCUT2D eigenvalue weighted by Gasteiger charge is -1.99. The highest BCUT2D eigenvalue weighted by Gasteiger charge is 2.23. The van der Waals surface area contributed by atoms with Crippen LogP contribution in [0.15, 0.2) is 36.5 Å². The molecule has 1 aromatic carbocycles. The van der Waals surface area contributed by atoms with Crippen LogP contribution < -0.4 is 11.1 Å². The van der Waals surface area contributed by atoms with E-state index < -0.39 is 0 Å². The maximum absolute atomic E-state index is 11.8. The Bertz CT molecular complexity index is 612. The summed E-state index contributed by atoms with van der Waals surface area (Å²) in [6.07, 6.45) is 3.65. The summed E-state index contributed by atoms with van der Waals surface area (Å²) in [6.45, 7) is 0. The van der Waals surface area contributed by atoms with Crippen molar-refractivity contribution >= 4 is 28.9 Å². The molecule has 0 saturated carbocycles. The van der Waals surface area contributed by atoms with Crippen LogP contribution in [0.1, 0.15) is 11.3 Å². The molecule has 3 rings (SSSR count). The number of nitrogen functional groups attached to an aromatic ring is 1. The van der Waals surface area contributed by atoms with Gasteiger partial charge < -0.3 is 16.0 Å². The number of rotatable bonds is 1. The third kappa shape index (κ3) is 1.59. The summed E-state index contributed by atoms with van der Waals surface area (Å²) in [6, 6.07) is 9.22. The van der Waals surface area contributed by atoms with Crippen LogP contribution in [0.25, 0.3) is 11.6 Å². The van der Waals surface area contributed by atoms with Crippen molar-refractivity contribution in [2.45, 2.75) is 0 Å². The molecule has 2 heterocycles. The Labute approximate surface area is 98.1 Å². The van der Waals surface area contributed by atoms with Crippen molar-refractivity contribution in [3.05, 3.63) is 47.8 Å². The zero-order chi connectivity index (χ0) is 11.8. The predicted molar refractivity (Wildman–Crippen MR) is 68.1 cm³/mol. The number of fused-ring (bicyclic) bond motifs is 1. The molecule has 1 aromatic heterocycles. The van der Waals surface area contributed by atoms with E-state index in [1.54, 1.807) is 12.1 Å². The average Bonchev–Trinajstić information content (AvgIpc) is 2.88. The Hall–Kier alpha value is -2.49. The van der Waals surface area contributed by atoms with E-state index in [9.17, 15) is 4.79 Å². The fourth-order valence-electron chi connectivity index (χ4n) is 1.94. The Morgan fingerprint density at radius 1 is 1.24 bits per heavy atom. The van der Waals surface area contributed by atoms with Crippen LogP contribution in [0.2, 0.25) is 0 Å². The van der Waals surface area contributed by atoms with E-state index in [4.69, 9.17) is 5.73 Å².